The summed E-state index contributed by atoms with van der Waals surface area (Å²) in [5.41, 5.74) is 9.57. The smallest absolute Gasteiger partial charge is 0.266 e. The molecule has 0 amide bonds. The van der Waals surface area contributed by atoms with Crippen LogP contribution in [0.2, 0.25) is 5.02 Å². The van der Waals surface area contributed by atoms with Crippen molar-refractivity contribution >= 4 is 33.3 Å². The van der Waals surface area contributed by atoms with Gasteiger partial charge in [0.1, 0.15) is 16.1 Å². The monoisotopic (exact) mass is 443 g/mol. The summed E-state index contributed by atoms with van der Waals surface area (Å²) >= 11 is 9.55. The second-order valence-electron chi connectivity index (χ2n) is 5.05. The third-order valence-corrected chi connectivity index (χ3v) is 4.10. The average molecular weight is 445 g/mol. The Morgan fingerprint density at radius 3 is 2.74 bits per heavy atom. The summed E-state index contributed by atoms with van der Waals surface area (Å²) < 4.78 is 7.78. The Balaban J connectivity index is 1.82. The largest absolute Gasteiger partial charge is 0.415 e. The van der Waals surface area contributed by atoms with E-state index >= 15 is 0 Å². The lowest BCUT2D eigenvalue weighted by atomic mass is 10.2. The van der Waals surface area contributed by atoms with E-state index < -0.39 is 0 Å². The number of hydrogen-bond donors (Lipinski definition) is 0. The number of nitrogens with zero attached hydrogens (tertiary/aromatic N) is 9. The third-order valence-electron chi connectivity index (χ3n) is 3.42. The van der Waals surface area contributed by atoms with Gasteiger partial charge >= 0.3 is 0 Å². The van der Waals surface area contributed by atoms with Crippen LogP contribution in [-0.4, -0.2) is 29.9 Å². The highest BCUT2D eigenvalue weighted by atomic mass is 79.9. The maximum atomic E-state index is 8.68. The van der Waals surface area contributed by atoms with Crippen molar-refractivity contribution in [3.63, 3.8) is 0 Å². The maximum absolute atomic E-state index is 8.68. The predicted octanol–water partition coefficient (Wildman–Crippen LogP) is 4.74. The van der Waals surface area contributed by atoms with Crippen molar-refractivity contribution in [1.29, 1.82) is 0 Å². The predicted molar refractivity (Wildman–Crippen MR) is 99.4 cm³/mol. The molecule has 0 aliphatic carbocycles. The molecule has 0 radical (unpaired) electrons. The van der Waals surface area contributed by atoms with Gasteiger partial charge in [0.2, 0.25) is 5.89 Å². The average Bonchev–Trinajstić information content (AvgIpc) is 3.29. The topological polar surface area (TPSA) is 131 Å². The first-order valence-electron chi connectivity index (χ1n) is 7.38. The molecule has 0 unspecified atom stereocenters. The molecule has 0 fully saturated rings. The minimum atomic E-state index is 0.137. The van der Waals surface area contributed by atoms with Gasteiger partial charge in [-0.15, -0.1) is 10.2 Å². The molecular formula is C15H7BrClN9O. The van der Waals surface area contributed by atoms with Crippen LogP contribution in [0.1, 0.15) is 0 Å². The molecular weight excluding hydrogens is 438 g/mol. The standard InChI is InChI=1S/C15H7BrClN9O/c16-11-7-10(26(24-11)13-9(17)4-2-6-20-13)15-23-22-14(27-15)8-3-1-5-19-12(8)21-25-18/h1-7H. The SMILES string of the molecule is [N-]=[N+]=Nc1ncccc1-c1nnc(-c2cc(Br)nn2-c2ncccc2Cl)o1. The van der Waals surface area contributed by atoms with E-state index in [-0.39, 0.29) is 17.6 Å². The fourth-order valence-corrected chi connectivity index (χ4v) is 2.90. The highest BCUT2D eigenvalue weighted by molar-refractivity contribution is 9.10. The van der Waals surface area contributed by atoms with E-state index in [1.54, 1.807) is 36.5 Å². The van der Waals surface area contributed by atoms with Gasteiger partial charge in [-0.2, -0.15) is 5.10 Å². The quantitative estimate of drug-likeness (QED) is 0.254. The second kappa shape index (κ2) is 7.16. The molecule has 4 rings (SSSR count). The number of hydrogen-bond acceptors (Lipinski definition) is 7. The first-order chi connectivity index (χ1) is 13.2. The third kappa shape index (κ3) is 3.26. The number of pyridine rings is 2. The van der Waals surface area contributed by atoms with E-state index in [0.717, 1.165) is 0 Å². The summed E-state index contributed by atoms with van der Waals surface area (Å²) in [4.78, 5) is 11.0. The number of rotatable bonds is 4. The maximum Gasteiger partial charge on any atom is 0.266 e. The van der Waals surface area contributed by atoms with Crippen LogP contribution in [-0.2, 0) is 0 Å². The van der Waals surface area contributed by atoms with Gasteiger partial charge in [-0.1, -0.05) is 11.6 Å². The zero-order valence-corrected chi connectivity index (χ0v) is 15.6. The van der Waals surface area contributed by atoms with E-state index in [1.165, 1.54) is 10.9 Å². The summed E-state index contributed by atoms with van der Waals surface area (Å²) in [5.74, 6) is 0.880. The fourth-order valence-electron chi connectivity index (χ4n) is 2.32. The van der Waals surface area contributed by atoms with Crippen molar-refractivity contribution in [1.82, 2.24) is 29.9 Å². The highest BCUT2D eigenvalue weighted by Crippen LogP contribution is 2.32. The molecule has 0 spiro atoms. The van der Waals surface area contributed by atoms with Gasteiger partial charge in [-0.05, 0) is 50.8 Å². The molecule has 0 atom stereocenters. The molecule has 27 heavy (non-hydrogen) atoms. The Hall–Kier alpha value is -3.27. The van der Waals surface area contributed by atoms with Gasteiger partial charge in [-0.3, -0.25) is 4.98 Å². The summed E-state index contributed by atoms with van der Waals surface area (Å²) in [6.07, 6.45) is 3.10. The number of halogens is 2. The van der Waals surface area contributed by atoms with E-state index in [2.05, 4.69) is 51.2 Å². The molecule has 132 valence electrons. The first-order valence-corrected chi connectivity index (χ1v) is 8.55. The lowest BCUT2D eigenvalue weighted by Gasteiger charge is -2.05. The molecule has 12 heteroatoms. The lowest BCUT2D eigenvalue weighted by Crippen LogP contribution is -2.02. The van der Waals surface area contributed by atoms with Crippen LogP contribution in [0.15, 0.2) is 56.9 Å². The molecule has 10 nitrogen and oxygen atoms in total. The van der Waals surface area contributed by atoms with Crippen molar-refractivity contribution in [3.8, 4) is 28.9 Å². The molecule has 4 aromatic rings. The van der Waals surface area contributed by atoms with Gasteiger partial charge in [0, 0.05) is 23.4 Å². The van der Waals surface area contributed by atoms with E-state index in [0.29, 0.717) is 26.7 Å². The Morgan fingerprint density at radius 2 is 1.93 bits per heavy atom. The molecule has 0 aliphatic rings. The van der Waals surface area contributed by atoms with Crippen molar-refractivity contribution in [2.75, 3.05) is 0 Å². The van der Waals surface area contributed by atoms with Crippen LogP contribution in [0.25, 0.3) is 39.3 Å². The zero-order valence-electron chi connectivity index (χ0n) is 13.2. The summed E-state index contributed by atoms with van der Waals surface area (Å²) in [6.45, 7) is 0. The van der Waals surface area contributed by atoms with Crippen molar-refractivity contribution in [2.24, 2.45) is 5.11 Å². The molecule has 0 N–H and O–H groups in total. The van der Waals surface area contributed by atoms with Crippen LogP contribution in [0, 0.1) is 0 Å². The molecule has 0 saturated heterocycles. The molecule has 4 heterocycles. The zero-order chi connectivity index (χ0) is 18.8. The number of azide groups is 1. The molecule has 0 aromatic carbocycles. The molecule has 0 aliphatic heterocycles. The van der Waals surface area contributed by atoms with Crippen LogP contribution < -0.4 is 0 Å². The molecule has 0 bridgehead atoms. The Kier molecular flexibility index (Phi) is 4.55. The molecule has 4 aromatic heterocycles. The Morgan fingerprint density at radius 1 is 1.15 bits per heavy atom. The second-order valence-corrected chi connectivity index (χ2v) is 6.27. The summed E-state index contributed by atoms with van der Waals surface area (Å²) in [7, 11) is 0. The lowest BCUT2D eigenvalue weighted by molar-refractivity contribution is 0.578. The van der Waals surface area contributed by atoms with Gasteiger partial charge in [0.25, 0.3) is 5.89 Å². The van der Waals surface area contributed by atoms with Gasteiger partial charge in [0.15, 0.2) is 5.82 Å². The summed E-state index contributed by atoms with van der Waals surface area (Å²) in [5, 5.41) is 16.4. The van der Waals surface area contributed by atoms with Gasteiger partial charge in [0.05, 0.1) is 10.6 Å². The minimum Gasteiger partial charge on any atom is -0.415 e. The van der Waals surface area contributed by atoms with Crippen LogP contribution in [0.3, 0.4) is 0 Å². The molecule has 0 saturated carbocycles. The van der Waals surface area contributed by atoms with Crippen molar-refractivity contribution in [2.45, 2.75) is 0 Å². The van der Waals surface area contributed by atoms with E-state index in [9.17, 15) is 0 Å². The Labute approximate surface area is 164 Å². The van der Waals surface area contributed by atoms with E-state index in [1.807, 2.05) is 0 Å². The van der Waals surface area contributed by atoms with Crippen molar-refractivity contribution < 1.29 is 4.42 Å². The van der Waals surface area contributed by atoms with E-state index in [4.69, 9.17) is 21.5 Å². The van der Waals surface area contributed by atoms with Crippen LogP contribution in [0.4, 0.5) is 5.82 Å². The van der Waals surface area contributed by atoms with Gasteiger partial charge in [-0.25, -0.2) is 9.67 Å². The van der Waals surface area contributed by atoms with Crippen LogP contribution >= 0.6 is 27.5 Å². The first kappa shape index (κ1) is 17.2. The van der Waals surface area contributed by atoms with Crippen LogP contribution in [0.5, 0.6) is 0 Å². The number of aromatic nitrogens is 6. The fraction of sp³-hybridized carbons (Fsp3) is 0. The summed E-state index contributed by atoms with van der Waals surface area (Å²) in [6, 6.07) is 8.44. The van der Waals surface area contributed by atoms with Crippen molar-refractivity contribution in [3.05, 3.63) is 62.8 Å². The highest BCUT2D eigenvalue weighted by Gasteiger charge is 2.20. The minimum absolute atomic E-state index is 0.137. The van der Waals surface area contributed by atoms with Gasteiger partial charge < -0.3 is 4.42 Å². The Bertz CT molecular complexity index is 1180. The normalized spacial score (nSPS) is 10.6.